The van der Waals surface area contributed by atoms with Gasteiger partial charge in [0.15, 0.2) is 0 Å². The third kappa shape index (κ3) is 1.96. The lowest BCUT2D eigenvalue weighted by molar-refractivity contribution is 0.415. The number of fused-ring (bicyclic) bond motifs is 1. The van der Waals surface area contributed by atoms with Crippen molar-refractivity contribution >= 4 is 21.6 Å². The summed E-state index contributed by atoms with van der Waals surface area (Å²) in [6.45, 7) is 2.73. The van der Waals surface area contributed by atoms with Gasteiger partial charge >= 0.3 is 0 Å². The minimum atomic E-state index is 0.327. The van der Waals surface area contributed by atoms with Gasteiger partial charge in [0.05, 0.1) is 22.3 Å². The third-order valence-corrected chi connectivity index (χ3v) is 3.64. The molecule has 0 bridgehead atoms. The summed E-state index contributed by atoms with van der Waals surface area (Å²) >= 11 is 1.69. The number of benzene rings is 1. The van der Waals surface area contributed by atoms with Crippen molar-refractivity contribution in [3.05, 3.63) is 23.2 Å². The average molecular weight is 222 g/mol. The van der Waals surface area contributed by atoms with E-state index in [1.165, 1.54) is 0 Å². The second kappa shape index (κ2) is 4.16. The molecule has 0 radical (unpaired) electrons. The van der Waals surface area contributed by atoms with Crippen LogP contribution in [0.3, 0.4) is 0 Å². The molecular weight excluding hydrogens is 208 g/mol. The minimum Gasteiger partial charge on any atom is -0.497 e. The Kier molecular flexibility index (Phi) is 2.88. The number of hydrogen-bond donors (Lipinski definition) is 1. The van der Waals surface area contributed by atoms with Crippen LogP contribution in [0.4, 0.5) is 0 Å². The fourth-order valence-corrected chi connectivity index (χ4v) is 2.42. The molecule has 15 heavy (non-hydrogen) atoms. The predicted octanol–water partition coefficient (Wildman–Crippen LogP) is 2.37. The van der Waals surface area contributed by atoms with E-state index in [9.17, 15) is 0 Å². The summed E-state index contributed by atoms with van der Waals surface area (Å²) in [6, 6.07) is 5.93. The average Bonchev–Trinajstić information content (AvgIpc) is 2.70. The zero-order valence-electron chi connectivity index (χ0n) is 8.86. The lowest BCUT2D eigenvalue weighted by Gasteiger charge is -2.00. The van der Waals surface area contributed by atoms with Crippen molar-refractivity contribution in [3.8, 4) is 5.75 Å². The van der Waals surface area contributed by atoms with Gasteiger partial charge in [-0.2, -0.15) is 0 Å². The normalized spacial score (nSPS) is 13.0. The van der Waals surface area contributed by atoms with Crippen molar-refractivity contribution in [1.82, 2.24) is 4.98 Å². The van der Waals surface area contributed by atoms with Crippen molar-refractivity contribution < 1.29 is 4.74 Å². The van der Waals surface area contributed by atoms with Gasteiger partial charge in [-0.05, 0) is 18.2 Å². The number of nitrogens with zero attached hydrogens (tertiary/aromatic N) is 1. The Morgan fingerprint density at radius 3 is 3.00 bits per heavy atom. The molecule has 1 aromatic carbocycles. The number of nitrogens with two attached hydrogens (primary N) is 1. The van der Waals surface area contributed by atoms with Gasteiger partial charge in [-0.1, -0.05) is 6.92 Å². The second-order valence-corrected chi connectivity index (χ2v) is 4.58. The van der Waals surface area contributed by atoms with Crippen LogP contribution in [0.5, 0.6) is 5.75 Å². The molecule has 0 saturated carbocycles. The highest BCUT2D eigenvalue weighted by molar-refractivity contribution is 7.18. The van der Waals surface area contributed by atoms with E-state index in [1.807, 2.05) is 18.2 Å². The Balaban J connectivity index is 2.46. The van der Waals surface area contributed by atoms with Crippen LogP contribution in [0.1, 0.15) is 17.8 Å². The molecule has 80 valence electrons. The number of aromatic nitrogens is 1. The maximum absolute atomic E-state index is 5.62. The summed E-state index contributed by atoms with van der Waals surface area (Å²) in [4.78, 5) is 4.54. The Bertz CT molecular complexity index is 467. The molecule has 1 heterocycles. The van der Waals surface area contributed by atoms with E-state index in [0.29, 0.717) is 12.5 Å². The van der Waals surface area contributed by atoms with Crippen LogP contribution in [-0.4, -0.2) is 18.6 Å². The second-order valence-electron chi connectivity index (χ2n) is 3.52. The maximum atomic E-state index is 5.62. The molecule has 2 aromatic rings. The molecule has 1 aromatic heterocycles. The van der Waals surface area contributed by atoms with Crippen molar-refractivity contribution in [2.24, 2.45) is 5.73 Å². The molecule has 0 aliphatic heterocycles. The largest absolute Gasteiger partial charge is 0.497 e. The summed E-state index contributed by atoms with van der Waals surface area (Å²) in [7, 11) is 1.67. The molecule has 0 aliphatic rings. The van der Waals surface area contributed by atoms with Gasteiger partial charge in [0, 0.05) is 12.5 Å². The van der Waals surface area contributed by atoms with Crippen molar-refractivity contribution in [3.63, 3.8) is 0 Å². The Morgan fingerprint density at radius 2 is 2.33 bits per heavy atom. The molecule has 0 saturated heterocycles. The predicted molar refractivity (Wildman–Crippen MR) is 63.6 cm³/mol. The van der Waals surface area contributed by atoms with Crippen LogP contribution in [0, 0.1) is 0 Å². The van der Waals surface area contributed by atoms with Gasteiger partial charge in [-0.25, -0.2) is 4.98 Å². The molecule has 0 fully saturated rings. The van der Waals surface area contributed by atoms with Gasteiger partial charge in [-0.3, -0.25) is 0 Å². The van der Waals surface area contributed by atoms with Crippen LogP contribution in [0.15, 0.2) is 18.2 Å². The van der Waals surface area contributed by atoms with Gasteiger partial charge < -0.3 is 10.5 Å². The fraction of sp³-hybridized carbons (Fsp3) is 0.364. The highest BCUT2D eigenvalue weighted by Gasteiger charge is 2.10. The smallest absolute Gasteiger partial charge is 0.120 e. The fourth-order valence-electron chi connectivity index (χ4n) is 1.36. The number of methoxy groups -OCH3 is 1. The van der Waals surface area contributed by atoms with E-state index in [1.54, 1.807) is 18.4 Å². The van der Waals surface area contributed by atoms with Crippen molar-refractivity contribution in [2.45, 2.75) is 12.8 Å². The van der Waals surface area contributed by atoms with E-state index in [0.717, 1.165) is 21.0 Å². The highest BCUT2D eigenvalue weighted by atomic mass is 32.1. The zero-order chi connectivity index (χ0) is 10.8. The minimum absolute atomic E-state index is 0.327. The van der Waals surface area contributed by atoms with Crippen LogP contribution in [0.2, 0.25) is 0 Å². The summed E-state index contributed by atoms with van der Waals surface area (Å²) in [5.41, 5.74) is 6.65. The molecule has 2 N–H and O–H groups in total. The van der Waals surface area contributed by atoms with Crippen molar-refractivity contribution in [1.29, 1.82) is 0 Å². The Labute approximate surface area is 92.9 Å². The number of rotatable bonds is 3. The first kappa shape index (κ1) is 10.4. The summed E-state index contributed by atoms with van der Waals surface area (Å²) in [5.74, 6) is 1.20. The van der Waals surface area contributed by atoms with E-state index in [2.05, 4.69) is 11.9 Å². The van der Waals surface area contributed by atoms with Crippen molar-refractivity contribution in [2.75, 3.05) is 13.7 Å². The van der Waals surface area contributed by atoms with E-state index in [-0.39, 0.29) is 0 Å². The first-order valence-electron chi connectivity index (χ1n) is 4.89. The molecule has 2 rings (SSSR count). The van der Waals surface area contributed by atoms with Crippen LogP contribution in [-0.2, 0) is 0 Å². The van der Waals surface area contributed by atoms with Gasteiger partial charge in [0.1, 0.15) is 5.75 Å². The van der Waals surface area contributed by atoms with Gasteiger partial charge in [0.25, 0.3) is 0 Å². The van der Waals surface area contributed by atoms with E-state index >= 15 is 0 Å². The van der Waals surface area contributed by atoms with Gasteiger partial charge in [-0.15, -0.1) is 11.3 Å². The van der Waals surface area contributed by atoms with Gasteiger partial charge in [0.2, 0.25) is 0 Å². The standard InChI is InChI=1S/C11H14N2OS/c1-7(6-12)11-13-9-4-3-8(14-2)5-10(9)15-11/h3-5,7H,6,12H2,1-2H3. The molecule has 4 heteroatoms. The number of hydrogen-bond acceptors (Lipinski definition) is 4. The van der Waals surface area contributed by atoms with Crippen LogP contribution < -0.4 is 10.5 Å². The summed E-state index contributed by atoms with van der Waals surface area (Å²) in [5, 5.41) is 1.10. The summed E-state index contributed by atoms with van der Waals surface area (Å²) < 4.78 is 6.33. The first-order valence-corrected chi connectivity index (χ1v) is 5.70. The lowest BCUT2D eigenvalue weighted by Crippen LogP contribution is -2.08. The maximum Gasteiger partial charge on any atom is 0.120 e. The van der Waals surface area contributed by atoms with E-state index in [4.69, 9.17) is 10.5 Å². The first-order chi connectivity index (χ1) is 7.24. The molecule has 0 aliphatic carbocycles. The van der Waals surface area contributed by atoms with E-state index < -0.39 is 0 Å². The monoisotopic (exact) mass is 222 g/mol. The topological polar surface area (TPSA) is 48.1 Å². The molecule has 0 spiro atoms. The quantitative estimate of drug-likeness (QED) is 0.867. The summed E-state index contributed by atoms with van der Waals surface area (Å²) in [6.07, 6.45) is 0. The zero-order valence-corrected chi connectivity index (χ0v) is 9.67. The number of ether oxygens (including phenoxy) is 1. The van der Waals surface area contributed by atoms with Crippen LogP contribution in [0.25, 0.3) is 10.2 Å². The Hall–Kier alpha value is -1.13. The molecule has 3 nitrogen and oxygen atoms in total. The molecule has 1 atom stereocenters. The SMILES string of the molecule is COc1ccc2nc(C(C)CN)sc2c1. The molecule has 0 amide bonds. The molecular formula is C11H14N2OS. The highest BCUT2D eigenvalue weighted by Crippen LogP contribution is 2.29. The lowest BCUT2D eigenvalue weighted by atomic mass is 10.2. The third-order valence-electron chi connectivity index (χ3n) is 2.39. The Morgan fingerprint density at radius 1 is 1.53 bits per heavy atom. The number of thiazole rings is 1. The molecule has 1 unspecified atom stereocenters. The van der Waals surface area contributed by atoms with Crippen LogP contribution >= 0.6 is 11.3 Å².